The van der Waals surface area contributed by atoms with Gasteiger partial charge < -0.3 is 4.74 Å². The predicted octanol–water partition coefficient (Wildman–Crippen LogP) is 2.77. The van der Waals surface area contributed by atoms with Gasteiger partial charge in [-0.2, -0.15) is 0 Å². The van der Waals surface area contributed by atoms with Crippen LogP contribution in [0.4, 0.5) is 8.63 Å². The molecule has 1 nitrogen and oxygen atoms in total. The van der Waals surface area contributed by atoms with Gasteiger partial charge in [0.15, 0.2) is 0 Å². The van der Waals surface area contributed by atoms with Crippen molar-refractivity contribution < 1.29 is 13.4 Å². The van der Waals surface area contributed by atoms with E-state index in [1.54, 1.807) is 0 Å². The minimum atomic E-state index is -2.23. The van der Waals surface area contributed by atoms with Gasteiger partial charge in [-0.1, -0.05) is 30.3 Å². The topological polar surface area (TPSA) is 9.23 Å². The summed E-state index contributed by atoms with van der Waals surface area (Å²) in [6.45, 7) is 0.439. The summed E-state index contributed by atoms with van der Waals surface area (Å²) in [6.07, 6.45) is 0.278. The number of hydrogen-bond donors (Lipinski definition) is 0. The van der Waals surface area contributed by atoms with Crippen molar-refractivity contribution in [3.05, 3.63) is 35.9 Å². The maximum Gasteiger partial charge on any atom is 0.543 e. The largest absolute Gasteiger partial charge is 0.543 e. The molecule has 1 aliphatic carbocycles. The third-order valence-corrected chi connectivity index (χ3v) is 2.41. The van der Waals surface area contributed by atoms with E-state index in [1.807, 2.05) is 30.3 Å². The Bertz CT molecular complexity index is 291. The molecule has 0 aromatic heterocycles. The normalized spacial score (nSPS) is 24.7. The summed E-state index contributed by atoms with van der Waals surface area (Å²) in [5, 5.41) is 0. The van der Waals surface area contributed by atoms with Gasteiger partial charge in [-0.15, -0.1) is 0 Å². The summed E-state index contributed by atoms with van der Waals surface area (Å²) in [7, 11) is -2.23. The van der Waals surface area contributed by atoms with Gasteiger partial charge in [0, 0.05) is 5.82 Å². The molecule has 0 radical (unpaired) electrons. The monoisotopic (exact) mass is 196 g/mol. The first-order valence-electron chi connectivity index (χ1n) is 4.71. The molecule has 0 spiro atoms. The molecule has 4 heteroatoms. The summed E-state index contributed by atoms with van der Waals surface area (Å²) in [5.41, 5.74) is 1.03. The Morgan fingerprint density at radius 1 is 1.29 bits per heavy atom. The molecule has 1 fully saturated rings. The Hall–Kier alpha value is -0.895. The first kappa shape index (κ1) is 9.65. The average molecular weight is 196 g/mol. The van der Waals surface area contributed by atoms with Gasteiger partial charge in [0.2, 0.25) is 0 Å². The van der Waals surface area contributed by atoms with Crippen LogP contribution < -0.4 is 0 Å². The second-order valence-electron chi connectivity index (χ2n) is 3.57. The van der Waals surface area contributed by atoms with E-state index in [0.29, 0.717) is 13.0 Å². The first-order valence-corrected chi connectivity index (χ1v) is 4.71. The van der Waals surface area contributed by atoms with E-state index in [-0.39, 0.29) is 6.10 Å². The Morgan fingerprint density at radius 2 is 2.00 bits per heavy atom. The van der Waals surface area contributed by atoms with Crippen LogP contribution in [0.15, 0.2) is 30.3 Å². The van der Waals surface area contributed by atoms with Crippen LogP contribution in [-0.4, -0.2) is 13.4 Å². The quantitative estimate of drug-likeness (QED) is 0.672. The van der Waals surface area contributed by atoms with Crippen LogP contribution in [-0.2, 0) is 11.3 Å². The smallest absolute Gasteiger partial charge is 0.374 e. The molecule has 1 saturated carbocycles. The van der Waals surface area contributed by atoms with Crippen molar-refractivity contribution in [2.75, 3.05) is 0 Å². The van der Waals surface area contributed by atoms with Gasteiger partial charge in [0.05, 0.1) is 12.7 Å². The fourth-order valence-electron chi connectivity index (χ4n) is 1.42. The highest BCUT2D eigenvalue weighted by Crippen LogP contribution is 2.43. The van der Waals surface area contributed by atoms with Crippen LogP contribution in [0.3, 0.4) is 0 Å². The zero-order valence-electron chi connectivity index (χ0n) is 7.70. The Labute approximate surface area is 82.3 Å². The molecule has 1 aliphatic rings. The zero-order valence-corrected chi connectivity index (χ0v) is 7.70. The van der Waals surface area contributed by atoms with Crippen LogP contribution >= 0.6 is 0 Å². The number of ether oxygens (including phenoxy) is 1. The van der Waals surface area contributed by atoms with Crippen molar-refractivity contribution in [3.8, 4) is 0 Å². The summed E-state index contributed by atoms with van der Waals surface area (Å²) >= 11 is 0. The third-order valence-electron chi connectivity index (χ3n) is 2.41. The molecule has 1 aromatic carbocycles. The fourth-order valence-corrected chi connectivity index (χ4v) is 1.42. The summed E-state index contributed by atoms with van der Waals surface area (Å²) in [5.74, 6) is -0.529. The summed E-state index contributed by atoms with van der Waals surface area (Å²) < 4.78 is 29.6. The maximum absolute atomic E-state index is 12.1. The molecule has 14 heavy (non-hydrogen) atoms. The number of halogens is 2. The van der Waals surface area contributed by atoms with Crippen molar-refractivity contribution in [1.29, 1.82) is 0 Å². The Balaban J connectivity index is 1.75. The molecule has 0 N–H and O–H groups in total. The van der Waals surface area contributed by atoms with Crippen molar-refractivity contribution >= 4 is 7.27 Å². The van der Waals surface area contributed by atoms with Crippen molar-refractivity contribution in [1.82, 2.24) is 0 Å². The second-order valence-corrected chi connectivity index (χ2v) is 3.57. The molecule has 2 rings (SSSR count). The highest BCUT2D eigenvalue weighted by molar-refractivity contribution is 6.46. The van der Waals surface area contributed by atoms with Gasteiger partial charge in [0.25, 0.3) is 0 Å². The molecule has 0 amide bonds. The fraction of sp³-hybridized carbons (Fsp3) is 0.400. The lowest BCUT2D eigenvalue weighted by molar-refractivity contribution is 0.105. The molecule has 74 valence electrons. The van der Waals surface area contributed by atoms with Gasteiger partial charge in [-0.3, -0.25) is 8.63 Å². The molecule has 0 saturated heterocycles. The van der Waals surface area contributed by atoms with E-state index in [0.717, 1.165) is 5.56 Å². The number of rotatable bonds is 4. The van der Waals surface area contributed by atoms with Gasteiger partial charge in [-0.05, 0) is 12.0 Å². The van der Waals surface area contributed by atoms with Crippen molar-refractivity contribution in [2.24, 2.45) is 0 Å². The lowest BCUT2D eigenvalue weighted by Gasteiger charge is -2.02. The number of hydrogen-bond acceptors (Lipinski definition) is 1. The van der Waals surface area contributed by atoms with Crippen molar-refractivity contribution in [3.63, 3.8) is 0 Å². The molecule has 0 aliphatic heterocycles. The van der Waals surface area contributed by atoms with E-state index < -0.39 is 13.1 Å². The summed E-state index contributed by atoms with van der Waals surface area (Å²) in [4.78, 5) is 0. The third kappa shape index (κ3) is 2.32. The second kappa shape index (κ2) is 4.09. The zero-order chi connectivity index (χ0) is 9.97. The minimum absolute atomic E-state index is 0.227. The first-order chi connectivity index (χ1) is 6.77. The van der Waals surface area contributed by atoms with Crippen LogP contribution in [0.1, 0.15) is 12.0 Å². The van der Waals surface area contributed by atoms with Gasteiger partial charge in [-0.25, -0.2) is 0 Å². The SMILES string of the molecule is FB(F)[C@H]1C[C@H]1OCc1ccccc1. The molecule has 0 heterocycles. The molecule has 0 unspecified atom stereocenters. The van der Waals surface area contributed by atoms with E-state index in [1.165, 1.54) is 0 Å². The van der Waals surface area contributed by atoms with E-state index in [2.05, 4.69) is 0 Å². The van der Waals surface area contributed by atoms with E-state index in [4.69, 9.17) is 4.74 Å². The highest BCUT2D eigenvalue weighted by Gasteiger charge is 2.49. The highest BCUT2D eigenvalue weighted by atomic mass is 19.2. The van der Waals surface area contributed by atoms with Crippen molar-refractivity contribution in [2.45, 2.75) is 24.9 Å². The molecular weight excluding hydrogens is 185 g/mol. The Morgan fingerprint density at radius 3 is 2.57 bits per heavy atom. The molecule has 2 atom stereocenters. The van der Waals surface area contributed by atoms with Crippen LogP contribution in [0, 0.1) is 0 Å². The molecule has 1 aromatic rings. The van der Waals surface area contributed by atoms with Crippen LogP contribution in [0.5, 0.6) is 0 Å². The van der Waals surface area contributed by atoms with E-state index in [9.17, 15) is 8.63 Å². The van der Waals surface area contributed by atoms with E-state index >= 15 is 0 Å². The molecular formula is C10H11BF2O. The minimum Gasteiger partial charge on any atom is -0.374 e. The number of benzene rings is 1. The van der Waals surface area contributed by atoms with Gasteiger partial charge >= 0.3 is 7.27 Å². The Kier molecular flexibility index (Phi) is 2.82. The molecule has 0 bridgehead atoms. The lowest BCUT2D eigenvalue weighted by Crippen LogP contribution is -2.03. The average Bonchev–Trinajstić information content (AvgIpc) is 2.96. The summed E-state index contributed by atoms with van der Waals surface area (Å²) in [6, 6.07) is 9.61. The predicted molar refractivity (Wildman–Crippen MR) is 51.4 cm³/mol. The van der Waals surface area contributed by atoms with Crippen LogP contribution in [0.2, 0.25) is 5.82 Å². The lowest BCUT2D eigenvalue weighted by atomic mass is 9.90. The maximum atomic E-state index is 12.1. The van der Waals surface area contributed by atoms with Gasteiger partial charge in [0.1, 0.15) is 0 Å². The standard InChI is InChI=1S/C10H11BF2O/c12-11(13)9-6-10(9)14-7-8-4-2-1-3-5-8/h1-5,9-10H,6-7H2/t9-,10+/m0/s1. The van der Waals surface area contributed by atoms with Crippen LogP contribution in [0.25, 0.3) is 0 Å².